The zero-order valence-corrected chi connectivity index (χ0v) is 16.7. The first kappa shape index (κ1) is 19.7. The van der Waals surface area contributed by atoms with Crippen molar-refractivity contribution in [2.75, 3.05) is 25.7 Å². The lowest BCUT2D eigenvalue weighted by atomic mass is 10.1. The molecule has 28 heavy (non-hydrogen) atoms. The Balaban J connectivity index is 1.62. The second-order valence-corrected chi connectivity index (χ2v) is 7.11. The Labute approximate surface area is 165 Å². The highest BCUT2D eigenvalue weighted by Gasteiger charge is 2.31. The maximum atomic E-state index is 12.5. The number of carbonyl (C=O) groups is 2. The van der Waals surface area contributed by atoms with Crippen LogP contribution in [0, 0.1) is 13.8 Å². The summed E-state index contributed by atoms with van der Waals surface area (Å²) in [6.07, 6.45) is 0.527. The summed E-state index contributed by atoms with van der Waals surface area (Å²) in [5.41, 5.74) is 4.04. The van der Waals surface area contributed by atoms with Gasteiger partial charge in [0.15, 0.2) is 11.5 Å². The van der Waals surface area contributed by atoms with Gasteiger partial charge in [-0.25, -0.2) is 0 Å². The minimum Gasteiger partial charge on any atom is -0.493 e. The van der Waals surface area contributed by atoms with Crippen molar-refractivity contribution >= 4 is 17.5 Å². The molecule has 1 heterocycles. The lowest BCUT2D eigenvalue weighted by Gasteiger charge is -2.18. The number of hydrogen-bond acceptors (Lipinski definition) is 4. The Morgan fingerprint density at radius 3 is 2.50 bits per heavy atom. The first-order valence-corrected chi connectivity index (χ1v) is 9.29. The van der Waals surface area contributed by atoms with Gasteiger partial charge in [-0.3, -0.25) is 9.59 Å². The van der Waals surface area contributed by atoms with Crippen LogP contribution in [0.3, 0.4) is 0 Å². The maximum absolute atomic E-state index is 12.5. The fourth-order valence-electron chi connectivity index (χ4n) is 3.40. The summed E-state index contributed by atoms with van der Waals surface area (Å²) in [6.45, 7) is 4.56. The van der Waals surface area contributed by atoms with E-state index in [0.717, 1.165) is 16.8 Å². The third kappa shape index (κ3) is 4.27. The van der Waals surface area contributed by atoms with Crippen LogP contribution in [0.15, 0.2) is 36.4 Å². The molecule has 0 spiro atoms. The van der Waals surface area contributed by atoms with Crippen molar-refractivity contribution in [3.8, 4) is 11.5 Å². The summed E-state index contributed by atoms with van der Waals surface area (Å²) in [4.78, 5) is 26.6. The zero-order chi connectivity index (χ0) is 20.3. The van der Waals surface area contributed by atoms with Gasteiger partial charge in [-0.2, -0.15) is 0 Å². The molecule has 1 unspecified atom stereocenters. The average Bonchev–Trinajstić information content (AvgIpc) is 3.03. The molecule has 1 N–H and O–H groups in total. The molecule has 2 aromatic carbocycles. The number of hydrogen-bond donors (Lipinski definition) is 1. The second kappa shape index (κ2) is 8.33. The van der Waals surface area contributed by atoms with E-state index in [4.69, 9.17) is 9.47 Å². The van der Waals surface area contributed by atoms with Crippen LogP contribution in [-0.2, 0) is 16.0 Å². The number of aryl methyl sites for hydroxylation is 2. The Hall–Kier alpha value is -3.02. The maximum Gasteiger partial charge on any atom is 0.229 e. The number of benzene rings is 2. The summed E-state index contributed by atoms with van der Waals surface area (Å²) in [7, 11) is 3.13. The van der Waals surface area contributed by atoms with Crippen LogP contribution in [0.25, 0.3) is 0 Å². The monoisotopic (exact) mass is 382 g/mol. The highest BCUT2D eigenvalue weighted by atomic mass is 16.5. The predicted octanol–water partition coefficient (Wildman–Crippen LogP) is 2.78. The Morgan fingerprint density at radius 1 is 1.07 bits per heavy atom. The fourth-order valence-corrected chi connectivity index (χ4v) is 3.40. The Kier molecular flexibility index (Phi) is 5.87. The first-order chi connectivity index (χ1) is 13.4. The molecule has 1 fully saturated rings. The molecular weight excluding hydrogens is 356 g/mol. The SMILES string of the molecule is COc1ccc(CC(=O)NC2CC(=O)N(c3ccc(C)c(C)c3)C2)cc1OC. The predicted molar refractivity (Wildman–Crippen MR) is 108 cm³/mol. The van der Waals surface area contributed by atoms with Gasteiger partial charge in [0, 0.05) is 18.7 Å². The van der Waals surface area contributed by atoms with Crippen molar-refractivity contribution in [2.45, 2.75) is 32.7 Å². The van der Waals surface area contributed by atoms with Crippen LogP contribution in [0.5, 0.6) is 11.5 Å². The van der Waals surface area contributed by atoms with E-state index in [1.165, 1.54) is 5.56 Å². The zero-order valence-electron chi connectivity index (χ0n) is 16.7. The number of ether oxygens (including phenoxy) is 2. The molecule has 1 aliphatic rings. The van der Waals surface area contributed by atoms with E-state index >= 15 is 0 Å². The molecule has 6 heteroatoms. The van der Waals surface area contributed by atoms with Gasteiger partial charge in [0.2, 0.25) is 11.8 Å². The normalized spacial score (nSPS) is 16.2. The van der Waals surface area contributed by atoms with E-state index in [1.807, 2.05) is 38.1 Å². The minimum atomic E-state index is -0.193. The van der Waals surface area contributed by atoms with E-state index < -0.39 is 0 Å². The lowest BCUT2D eigenvalue weighted by Crippen LogP contribution is -2.38. The van der Waals surface area contributed by atoms with Crippen LogP contribution in [0.4, 0.5) is 5.69 Å². The number of rotatable bonds is 6. The topological polar surface area (TPSA) is 67.9 Å². The third-order valence-corrected chi connectivity index (χ3v) is 5.10. The lowest BCUT2D eigenvalue weighted by molar-refractivity contribution is -0.121. The van der Waals surface area contributed by atoms with E-state index in [1.54, 1.807) is 31.3 Å². The van der Waals surface area contributed by atoms with E-state index in [0.29, 0.717) is 24.5 Å². The second-order valence-electron chi connectivity index (χ2n) is 7.11. The molecule has 0 radical (unpaired) electrons. The van der Waals surface area contributed by atoms with Crippen molar-refractivity contribution in [2.24, 2.45) is 0 Å². The van der Waals surface area contributed by atoms with Gasteiger partial charge in [-0.05, 0) is 54.8 Å². The number of anilines is 1. The summed E-state index contributed by atoms with van der Waals surface area (Å²) in [5.74, 6) is 1.12. The molecule has 1 saturated heterocycles. The molecule has 0 bridgehead atoms. The molecule has 1 aliphatic heterocycles. The van der Waals surface area contributed by atoms with Gasteiger partial charge in [-0.1, -0.05) is 12.1 Å². The molecular formula is C22H26N2O4. The number of methoxy groups -OCH3 is 2. The largest absolute Gasteiger partial charge is 0.493 e. The molecule has 1 atom stereocenters. The third-order valence-electron chi connectivity index (χ3n) is 5.10. The van der Waals surface area contributed by atoms with Gasteiger partial charge < -0.3 is 19.7 Å². The highest BCUT2D eigenvalue weighted by molar-refractivity contribution is 5.97. The quantitative estimate of drug-likeness (QED) is 0.834. The minimum absolute atomic E-state index is 0.0275. The molecule has 6 nitrogen and oxygen atoms in total. The summed E-state index contributed by atoms with van der Waals surface area (Å²) in [6, 6.07) is 11.2. The van der Waals surface area contributed by atoms with E-state index in [-0.39, 0.29) is 24.3 Å². The van der Waals surface area contributed by atoms with Gasteiger partial charge in [0.05, 0.1) is 26.7 Å². The number of carbonyl (C=O) groups excluding carboxylic acids is 2. The summed E-state index contributed by atoms with van der Waals surface area (Å²) < 4.78 is 10.5. The molecule has 0 aliphatic carbocycles. The number of nitrogens with zero attached hydrogens (tertiary/aromatic N) is 1. The Bertz CT molecular complexity index is 894. The van der Waals surface area contributed by atoms with Crippen LogP contribution in [0.2, 0.25) is 0 Å². The van der Waals surface area contributed by atoms with Gasteiger partial charge >= 0.3 is 0 Å². The standard InChI is InChI=1S/C22H26N2O4/c1-14-5-7-18(9-15(14)2)24-13-17(12-22(24)26)23-21(25)11-16-6-8-19(27-3)20(10-16)28-4/h5-10,17H,11-13H2,1-4H3,(H,23,25). The van der Waals surface area contributed by atoms with Crippen molar-refractivity contribution in [1.29, 1.82) is 0 Å². The van der Waals surface area contributed by atoms with E-state index in [2.05, 4.69) is 5.32 Å². The molecule has 2 amide bonds. The smallest absolute Gasteiger partial charge is 0.229 e. The first-order valence-electron chi connectivity index (χ1n) is 9.29. The molecule has 3 rings (SSSR count). The van der Waals surface area contributed by atoms with Gasteiger partial charge in [0.25, 0.3) is 0 Å². The van der Waals surface area contributed by atoms with Crippen molar-refractivity contribution < 1.29 is 19.1 Å². The summed E-state index contributed by atoms with van der Waals surface area (Å²) >= 11 is 0. The van der Waals surface area contributed by atoms with Gasteiger partial charge in [-0.15, -0.1) is 0 Å². The average molecular weight is 382 g/mol. The highest BCUT2D eigenvalue weighted by Crippen LogP contribution is 2.28. The van der Waals surface area contributed by atoms with Crippen molar-refractivity contribution in [3.05, 3.63) is 53.1 Å². The van der Waals surface area contributed by atoms with Crippen LogP contribution >= 0.6 is 0 Å². The van der Waals surface area contributed by atoms with Crippen LogP contribution in [0.1, 0.15) is 23.1 Å². The van der Waals surface area contributed by atoms with E-state index in [9.17, 15) is 9.59 Å². The van der Waals surface area contributed by atoms with Gasteiger partial charge in [0.1, 0.15) is 0 Å². The Morgan fingerprint density at radius 2 is 1.82 bits per heavy atom. The van der Waals surface area contributed by atoms with Crippen molar-refractivity contribution in [3.63, 3.8) is 0 Å². The molecule has 0 aromatic heterocycles. The fraction of sp³-hybridized carbons (Fsp3) is 0.364. The van der Waals surface area contributed by atoms with Crippen LogP contribution < -0.4 is 19.7 Å². The molecule has 2 aromatic rings. The summed E-state index contributed by atoms with van der Waals surface area (Å²) in [5, 5.41) is 2.98. The van der Waals surface area contributed by atoms with Crippen molar-refractivity contribution in [1.82, 2.24) is 5.32 Å². The van der Waals surface area contributed by atoms with Crippen LogP contribution in [-0.4, -0.2) is 38.6 Å². The molecule has 148 valence electrons. The number of nitrogens with one attached hydrogen (secondary N) is 1. The molecule has 0 saturated carbocycles. The number of amides is 2.